The molecule has 0 radical (unpaired) electrons. The number of rotatable bonds is 7. The molecule has 6 heteroatoms. The third-order valence-electron chi connectivity index (χ3n) is 5.36. The molecule has 1 aliphatic heterocycles. The molecule has 1 fully saturated rings. The van der Waals surface area contributed by atoms with Crippen molar-refractivity contribution in [3.05, 3.63) is 59.2 Å². The van der Waals surface area contributed by atoms with Crippen LogP contribution in [0, 0.1) is 13.8 Å². The van der Waals surface area contributed by atoms with Crippen LogP contribution in [0.4, 0.5) is 5.69 Å². The van der Waals surface area contributed by atoms with Crippen LogP contribution in [-0.2, 0) is 21.3 Å². The lowest BCUT2D eigenvalue weighted by Crippen LogP contribution is -2.37. The van der Waals surface area contributed by atoms with Crippen LogP contribution in [0.3, 0.4) is 0 Å². The molecular weight excluding hydrogens is 372 g/mol. The van der Waals surface area contributed by atoms with Gasteiger partial charge in [0.05, 0.1) is 11.0 Å². The second kappa shape index (κ2) is 8.64. The SMILES string of the molecule is Cc1ccc(S(=O)(=O)N(Cc2ccc(N(C)C)cc2)C[C@@H]2CCCO2)cc1C. The van der Waals surface area contributed by atoms with Gasteiger partial charge in [0.2, 0.25) is 10.0 Å². The Morgan fingerprint density at radius 1 is 1.04 bits per heavy atom. The normalized spacial score (nSPS) is 17.2. The molecule has 0 amide bonds. The van der Waals surface area contributed by atoms with Crippen molar-refractivity contribution >= 4 is 15.7 Å². The lowest BCUT2D eigenvalue weighted by Gasteiger charge is -2.25. The minimum atomic E-state index is -3.61. The average molecular weight is 403 g/mol. The molecule has 5 nitrogen and oxygen atoms in total. The molecule has 1 aliphatic rings. The van der Waals surface area contributed by atoms with Gasteiger partial charge in [-0.15, -0.1) is 0 Å². The standard InChI is InChI=1S/C22H30N2O3S/c1-17-7-12-22(14-18(17)2)28(25,26)24(16-21-6-5-13-27-21)15-19-8-10-20(11-9-19)23(3)4/h7-12,14,21H,5-6,13,15-16H2,1-4H3/t21-/m0/s1. The van der Waals surface area contributed by atoms with Gasteiger partial charge >= 0.3 is 0 Å². The Kier molecular flexibility index (Phi) is 6.43. The van der Waals surface area contributed by atoms with Crippen molar-refractivity contribution in [3.8, 4) is 0 Å². The highest BCUT2D eigenvalue weighted by Crippen LogP contribution is 2.24. The van der Waals surface area contributed by atoms with E-state index in [0.29, 0.717) is 24.6 Å². The Morgan fingerprint density at radius 2 is 1.75 bits per heavy atom. The van der Waals surface area contributed by atoms with Gasteiger partial charge < -0.3 is 9.64 Å². The first-order chi connectivity index (χ1) is 13.3. The Morgan fingerprint density at radius 3 is 2.32 bits per heavy atom. The summed E-state index contributed by atoms with van der Waals surface area (Å²) in [4.78, 5) is 2.37. The summed E-state index contributed by atoms with van der Waals surface area (Å²) in [5.74, 6) is 0. The third-order valence-corrected chi connectivity index (χ3v) is 7.17. The summed E-state index contributed by atoms with van der Waals surface area (Å²) >= 11 is 0. The van der Waals surface area contributed by atoms with Gasteiger partial charge in [-0.2, -0.15) is 4.31 Å². The Labute approximate surface area is 169 Å². The molecule has 2 aromatic carbocycles. The van der Waals surface area contributed by atoms with E-state index in [2.05, 4.69) is 0 Å². The monoisotopic (exact) mass is 402 g/mol. The molecule has 0 spiro atoms. The van der Waals surface area contributed by atoms with Gasteiger partial charge in [-0.25, -0.2) is 8.42 Å². The fourth-order valence-corrected chi connectivity index (χ4v) is 4.94. The minimum Gasteiger partial charge on any atom is -0.378 e. The molecule has 1 atom stereocenters. The van der Waals surface area contributed by atoms with Crippen molar-refractivity contribution in [2.24, 2.45) is 0 Å². The van der Waals surface area contributed by atoms with Crippen molar-refractivity contribution in [1.82, 2.24) is 4.31 Å². The Hall–Kier alpha value is -1.89. The zero-order valence-electron chi connectivity index (χ0n) is 17.2. The molecule has 1 saturated heterocycles. The van der Waals surface area contributed by atoms with Crippen LogP contribution < -0.4 is 4.90 Å². The first kappa shape index (κ1) is 20.8. The van der Waals surface area contributed by atoms with E-state index in [9.17, 15) is 8.42 Å². The predicted octanol–water partition coefficient (Wildman–Crippen LogP) is 3.74. The summed E-state index contributed by atoms with van der Waals surface area (Å²) in [5.41, 5.74) is 4.12. The van der Waals surface area contributed by atoms with Crippen LogP contribution >= 0.6 is 0 Å². The van der Waals surface area contributed by atoms with Gasteiger partial charge in [0, 0.05) is 39.5 Å². The second-order valence-electron chi connectivity index (χ2n) is 7.74. The molecule has 0 saturated carbocycles. The first-order valence-electron chi connectivity index (χ1n) is 9.72. The van der Waals surface area contributed by atoms with Crippen molar-refractivity contribution in [3.63, 3.8) is 0 Å². The molecule has 152 valence electrons. The number of anilines is 1. The quantitative estimate of drug-likeness (QED) is 0.708. The van der Waals surface area contributed by atoms with Gasteiger partial charge in [0.15, 0.2) is 0 Å². The Bertz CT molecular complexity index is 902. The molecule has 3 rings (SSSR count). The fraction of sp³-hybridized carbons (Fsp3) is 0.455. The lowest BCUT2D eigenvalue weighted by molar-refractivity contribution is 0.0926. The summed E-state index contributed by atoms with van der Waals surface area (Å²) in [6, 6.07) is 13.4. The minimum absolute atomic E-state index is 0.0395. The zero-order valence-corrected chi connectivity index (χ0v) is 18.0. The lowest BCUT2D eigenvalue weighted by atomic mass is 10.1. The van der Waals surface area contributed by atoms with Crippen LogP contribution in [0.5, 0.6) is 0 Å². The van der Waals surface area contributed by atoms with E-state index in [1.54, 1.807) is 16.4 Å². The molecule has 0 aliphatic carbocycles. The summed E-state index contributed by atoms with van der Waals surface area (Å²) in [6.45, 7) is 5.36. The highest BCUT2D eigenvalue weighted by atomic mass is 32.2. The maximum absolute atomic E-state index is 13.4. The van der Waals surface area contributed by atoms with Gasteiger partial charge in [0.1, 0.15) is 0 Å². The molecule has 1 heterocycles. The van der Waals surface area contributed by atoms with Crippen LogP contribution in [0.2, 0.25) is 0 Å². The van der Waals surface area contributed by atoms with Gasteiger partial charge in [-0.3, -0.25) is 0 Å². The zero-order chi connectivity index (χ0) is 20.3. The second-order valence-corrected chi connectivity index (χ2v) is 9.68. The molecular formula is C22H30N2O3S. The van der Waals surface area contributed by atoms with E-state index in [-0.39, 0.29) is 6.10 Å². The number of hydrogen-bond acceptors (Lipinski definition) is 4. The van der Waals surface area contributed by atoms with Crippen molar-refractivity contribution < 1.29 is 13.2 Å². The Balaban J connectivity index is 1.89. The third kappa shape index (κ3) is 4.74. The van der Waals surface area contributed by atoms with Crippen molar-refractivity contribution in [2.45, 2.75) is 44.2 Å². The van der Waals surface area contributed by atoms with Gasteiger partial charge in [0.25, 0.3) is 0 Å². The van der Waals surface area contributed by atoms with Gasteiger partial charge in [-0.1, -0.05) is 18.2 Å². The summed E-state index contributed by atoms with van der Waals surface area (Å²) in [7, 11) is 0.368. The largest absolute Gasteiger partial charge is 0.378 e. The van der Waals surface area contributed by atoms with E-state index in [0.717, 1.165) is 35.2 Å². The van der Waals surface area contributed by atoms with Crippen LogP contribution in [0.15, 0.2) is 47.4 Å². The molecule has 0 N–H and O–H groups in total. The summed E-state index contributed by atoms with van der Waals surface area (Å²) in [5, 5.41) is 0. The van der Waals surface area contributed by atoms with Crippen LogP contribution in [0.1, 0.15) is 29.5 Å². The van der Waals surface area contributed by atoms with E-state index < -0.39 is 10.0 Å². The molecule has 0 bridgehead atoms. The molecule has 2 aromatic rings. The van der Waals surface area contributed by atoms with Crippen molar-refractivity contribution in [2.75, 3.05) is 32.1 Å². The van der Waals surface area contributed by atoms with E-state index >= 15 is 0 Å². The van der Waals surface area contributed by atoms with E-state index in [1.807, 2.05) is 63.2 Å². The molecule has 0 unspecified atom stereocenters. The number of hydrogen-bond donors (Lipinski definition) is 0. The number of aryl methyl sites for hydroxylation is 2. The van der Waals surface area contributed by atoms with Crippen LogP contribution in [0.25, 0.3) is 0 Å². The maximum atomic E-state index is 13.4. The van der Waals surface area contributed by atoms with Crippen LogP contribution in [-0.4, -0.2) is 46.1 Å². The topological polar surface area (TPSA) is 49.9 Å². The highest BCUT2D eigenvalue weighted by molar-refractivity contribution is 7.89. The van der Waals surface area contributed by atoms with E-state index in [1.165, 1.54) is 0 Å². The van der Waals surface area contributed by atoms with Crippen molar-refractivity contribution in [1.29, 1.82) is 0 Å². The maximum Gasteiger partial charge on any atom is 0.243 e. The molecule has 0 aromatic heterocycles. The van der Waals surface area contributed by atoms with Gasteiger partial charge in [-0.05, 0) is 67.6 Å². The number of ether oxygens (including phenoxy) is 1. The number of benzene rings is 2. The predicted molar refractivity (Wildman–Crippen MR) is 113 cm³/mol. The number of sulfonamides is 1. The number of nitrogens with zero attached hydrogens (tertiary/aromatic N) is 2. The smallest absolute Gasteiger partial charge is 0.243 e. The summed E-state index contributed by atoms with van der Waals surface area (Å²) in [6.07, 6.45) is 1.85. The highest BCUT2D eigenvalue weighted by Gasteiger charge is 2.29. The fourth-order valence-electron chi connectivity index (χ4n) is 3.39. The molecule has 28 heavy (non-hydrogen) atoms. The first-order valence-corrected chi connectivity index (χ1v) is 11.2. The van der Waals surface area contributed by atoms with E-state index in [4.69, 9.17) is 4.74 Å². The average Bonchev–Trinajstić information content (AvgIpc) is 3.17. The summed E-state index contributed by atoms with van der Waals surface area (Å²) < 4.78 is 34.2.